The second-order valence-corrected chi connectivity index (χ2v) is 2.64. The zero-order valence-electron chi connectivity index (χ0n) is 3.27. The first-order valence-corrected chi connectivity index (χ1v) is 3.39. The van der Waals surface area contributed by atoms with Crippen LogP contribution < -0.4 is 0 Å². The molecule has 0 amide bonds. The Morgan fingerprint density at radius 1 is 2.00 bits per heavy atom. The van der Waals surface area contributed by atoms with E-state index in [0.29, 0.717) is 0 Å². The summed E-state index contributed by atoms with van der Waals surface area (Å²) in [4.78, 5) is 0. The van der Waals surface area contributed by atoms with Gasteiger partial charge in [0.15, 0.2) is 6.56 Å². The van der Waals surface area contributed by atoms with Gasteiger partial charge in [-0.3, -0.25) is 0 Å². The predicted octanol–water partition coefficient (Wildman–Crippen LogP) is 1.01. The third-order valence-electron chi connectivity index (χ3n) is 0.295. The van der Waals surface area contributed by atoms with Crippen LogP contribution in [0.5, 0.6) is 0 Å². The molecule has 5 heavy (non-hydrogen) atoms. The van der Waals surface area contributed by atoms with Crippen LogP contribution in [0, 0.1) is 0 Å². The predicted molar refractivity (Wildman–Crippen MR) is 34.5 cm³/mol. The van der Waals surface area contributed by atoms with Crippen LogP contribution in [0.2, 0.25) is 6.82 Å². The molecule has 3 heteroatoms. The van der Waals surface area contributed by atoms with E-state index in [0.717, 1.165) is 5.08 Å². The first-order chi connectivity index (χ1) is 2.41. The lowest BCUT2D eigenvalue weighted by atomic mass is 10.2. The topological polar surface area (TPSA) is 0 Å². The second-order valence-electron chi connectivity index (χ2n) is 0.622. The van der Waals surface area contributed by atoms with Crippen molar-refractivity contribution in [1.82, 2.24) is 0 Å². The van der Waals surface area contributed by atoms with E-state index in [1.807, 2.05) is 11.6 Å². The molecule has 30 valence electrons. The Morgan fingerprint density at radius 3 is 2.60 bits per heavy atom. The van der Waals surface area contributed by atoms with Crippen LogP contribution in [0.4, 0.5) is 0 Å². The van der Waals surface area contributed by atoms with Gasteiger partial charge in [-0.25, -0.2) is 11.6 Å². The van der Waals surface area contributed by atoms with Gasteiger partial charge in [0.1, 0.15) is 0 Å². The Morgan fingerprint density at radius 2 is 2.60 bits per heavy atom. The van der Waals surface area contributed by atoms with Gasteiger partial charge in [0.25, 0.3) is 0 Å². The van der Waals surface area contributed by atoms with Crippen molar-refractivity contribution in [2.24, 2.45) is 0 Å². The lowest BCUT2D eigenvalue weighted by molar-refractivity contribution is 2.31. The molecule has 0 saturated heterocycles. The van der Waals surface area contributed by atoms with Crippen molar-refractivity contribution in [3.63, 3.8) is 0 Å². The quantitative estimate of drug-likeness (QED) is 0.311. The maximum atomic E-state index is 3.96. The Balaban J connectivity index is 2.19. The molecule has 0 fully saturated rings. The molecule has 0 unspecified atom stereocenters. The minimum Gasteiger partial charge on any atom is -0.205 e. The molecule has 0 atom stereocenters. The summed E-state index contributed by atoms with van der Waals surface area (Å²) >= 11 is 5.79. The third-order valence-corrected chi connectivity index (χ3v) is 1.43. The maximum Gasteiger partial charge on any atom is 0.189 e. The van der Waals surface area contributed by atoms with Gasteiger partial charge in [-0.1, -0.05) is 6.82 Å². The van der Waals surface area contributed by atoms with Crippen molar-refractivity contribution < 1.29 is 0 Å². The molecule has 0 aromatic rings. The molecule has 0 rings (SSSR count). The molecule has 0 saturated carbocycles. The van der Waals surface area contributed by atoms with E-state index in [-0.39, 0.29) is 0 Å². The normalized spacial score (nSPS) is 7.60. The molecular formula is C2H7BS2. The molecule has 0 nitrogen and oxygen atoms in total. The van der Waals surface area contributed by atoms with E-state index in [4.69, 9.17) is 0 Å². The van der Waals surface area contributed by atoms with E-state index in [9.17, 15) is 0 Å². The Bertz CT molecular complexity index is 15.1. The third kappa shape index (κ3) is 4.76. The fourth-order valence-electron chi connectivity index (χ4n) is 0.0913. The molecule has 0 aromatic carbocycles. The van der Waals surface area contributed by atoms with Crippen molar-refractivity contribution in [2.45, 2.75) is 6.82 Å². The molecule has 0 aliphatic heterocycles. The summed E-state index contributed by atoms with van der Waals surface area (Å²) in [5.41, 5.74) is 0. The van der Waals surface area contributed by atoms with Crippen LogP contribution in [0.3, 0.4) is 0 Å². The van der Waals surface area contributed by atoms with E-state index in [1.54, 1.807) is 0 Å². The molecule has 0 bridgehead atoms. The van der Waals surface area contributed by atoms with Crippen LogP contribution in [0.25, 0.3) is 0 Å². The molecule has 0 spiro atoms. The minimum absolute atomic E-state index is 0.955. The fraction of sp³-hybridized carbons (Fsp3) is 1.00. The van der Waals surface area contributed by atoms with Crippen molar-refractivity contribution in [3.05, 3.63) is 0 Å². The first kappa shape index (κ1) is 5.76. The van der Waals surface area contributed by atoms with Gasteiger partial charge < -0.3 is 0 Å². The van der Waals surface area contributed by atoms with Crippen LogP contribution in [0.15, 0.2) is 0 Å². The van der Waals surface area contributed by atoms with Gasteiger partial charge in [-0.2, -0.15) is 12.6 Å². The van der Waals surface area contributed by atoms with Gasteiger partial charge in [-0.15, -0.1) is 0 Å². The zero-order valence-corrected chi connectivity index (χ0v) is 4.98. The number of hydrogen-bond acceptors (Lipinski definition) is 2. The maximum absolute atomic E-state index is 3.96. The van der Waals surface area contributed by atoms with Gasteiger partial charge in [0.05, 0.1) is 0 Å². The zero-order chi connectivity index (χ0) is 4.12. The van der Waals surface area contributed by atoms with E-state index < -0.39 is 0 Å². The largest absolute Gasteiger partial charge is 0.205 e. The Labute approximate surface area is 43.3 Å². The number of thiol groups is 1. The van der Waals surface area contributed by atoms with E-state index in [1.165, 1.54) is 6.56 Å². The summed E-state index contributed by atoms with van der Waals surface area (Å²) in [6, 6.07) is 0. The highest BCUT2D eigenvalue weighted by Crippen LogP contribution is 1.95. The van der Waals surface area contributed by atoms with E-state index in [2.05, 4.69) is 19.5 Å². The Kier molecular flexibility index (Phi) is 5.49. The van der Waals surface area contributed by atoms with Gasteiger partial charge in [0.2, 0.25) is 0 Å². The van der Waals surface area contributed by atoms with Crippen LogP contribution in [-0.2, 0) is 0 Å². The average molecular weight is 106 g/mol. The first-order valence-electron chi connectivity index (χ1n) is 1.60. The highest BCUT2D eigenvalue weighted by atomic mass is 32.2. The molecule has 0 aliphatic carbocycles. The summed E-state index contributed by atoms with van der Waals surface area (Å²) < 4.78 is 0. The lowest BCUT2D eigenvalue weighted by Gasteiger charge is -1.78. The Hall–Kier alpha value is 0.765. The van der Waals surface area contributed by atoms with Gasteiger partial charge >= 0.3 is 0 Å². The van der Waals surface area contributed by atoms with Crippen molar-refractivity contribution in [2.75, 3.05) is 5.08 Å². The lowest BCUT2D eigenvalue weighted by Crippen LogP contribution is -1.66. The van der Waals surface area contributed by atoms with Gasteiger partial charge in [-0.05, 0) is 0 Å². The van der Waals surface area contributed by atoms with E-state index >= 15 is 0 Å². The monoisotopic (exact) mass is 106 g/mol. The van der Waals surface area contributed by atoms with Crippen molar-refractivity contribution >= 4 is 30.8 Å². The second kappa shape index (κ2) is 4.76. The summed E-state index contributed by atoms with van der Waals surface area (Å²) in [5.74, 6) is 0. The van der Waals surface area contributed by atoms with Crippen LogP contribution >= 0.6 is 24.2 Å². The molecule has 0 N–H and O–H groups in total. The molecule has 0 aromatic heterocycles. The highest BCUT2D eigenvalue weighted by molar-refractivity contribution is 8.27. The average Bonchev–Trinajstić information content (AvgIpc) is 1.41. The molecule has 0 heterocycles. The van der Waals surface area contributed by atoms with Crippen LogP contribution in [0.1, 0.15) is 0 Å². The smallest absolute Gasteiger partial charge is 0.189 e. The van der Waals surface area contributed by atoms with Crippen LogP contribution in [-0.4, -0.2) is 11.6 Å². The summed E-state index contributed by atoms with van der Waals surface area (Å²) in [6.07, 6.45) is 0. The minimum atomic E-state index is 0.955. The SMILES string of the molecule is CBSCS. The summed E-state index contributed by atoms with van der Waals surface area (Å²) in [7, 11) is 0. The standard InChI is InChI=1S/C2H7BS2/c1-3-5-2-4/h3-4H,2H2,1H3. The number of hydrogen-bond donors (Lipinski definition) is 1. The van der Waals surface area contributed by atoms with Crippen molar-refractivity contribution in [3.8, 4) is 0 Å². The number of rotatable bonds is 2. The molecule has 0 radical (unpaired) electrons. The van der Waals surface area contributed by atoms with Gasteiger partial charge in [0, 0.05) is 5.08 Å². The highest BCUT2D eigenvalue weighted by Gasteiger charge is 1.71. The summed E-state index contributed by atoms with van der Waals surface area (Å²) in [5, 5.41) is 0.955. The van der Waals surface area contributed by atoms with Crippen molar-refractivity contribution in [1.29, 1.82) is 0 Å². The molecule has 0 aliphatic rings. The fourth-order valence-corrected chi connectivity index (χ4v) is 0.822. The summed E-state index contributed by atoms with van der Waals surface area (Å²) in [6.45, 7) is 3.31. The molecular weight excluding hydrogens is 99.0 g/mol.